The first-order valence-corrected chi connectivity index (χ1v) is 9.67. The van der Waals surface area contributed by atoms with Crippen molar-refractivity contribution in [2.75, 3.05) is 18.4 Å². The zero-order valence-corrected chi connectivity index (χ0v) is 17.1. The first-order chi connectivity index (χ1) is 11.5. The van der Waals surface area contributed by atoms with Gasteiger partial charge in [0, 0.05) is 43.0 Å². The number of allylic oxidation sites excluding steroid dienone is 4. The lowest BCUT2D eigenvalue weighted by atomic mass is 10.1. The van der Waals surface area contributed by atoms with E-state index in [2.05, 4.69) is 47.8 Å². The van der Waals surface area contributed by atoms with Crippen LogP contribution in [0.2, 0.25) is 0 Å². The van der Waals surface area contributed by atoms with Gasteiger partial charge in [0.05, 0.1) is 0 Å². The summed E-state index contributed by atoms with van der Waals surface area (Å²) in [6.45, 7) is 9.42. The van der Waals surface area contributed by atoms with Crippen molar-refractivity contribution >= 4 is 28.1 Å². The standard InChI is InChI=1S/C19H32BrN3O/c1-5-12-23(19(24)13-16(2)3)17(4)15-22-11-9-18(14-20)8-6-7-10-21/h6-7,9,11,15-16H,5,8,10,12-14,21H2,1-4H3/b7-6+,17-15-,18-9?,22-11?. The van der Waals surface area contributed by atoms with Crippen LogP contribution in [0.4, 0.5) is 0 Å². The Kier molecular flexibility index (Phi) is 13.5. The summed E-state index contributed by atoms with van der Waals surface area (Å²) in [5.41, 5.74) is 7.54. The fourth-order valence-electron chi connectivity index (χ4n) is 2.05. The Bertz CT molecular complexity index is 479. The first kappa shape index (κ1) is 22.8. The highest BCUT2D eigenvalue weighted by molar-refractivity contribution is 9.09. The van der Waals surface area contributed by atoms with E-state index < -0.39 is 0 Å². The minimum Gasteiger partial charge on any atom is -0.327 e. The predicted octanol–water partition coefficient (Wildman–Crippen LogP) is 4.43. The molecule has 0 saturated carbocycles. The maximum absolute atomic E-state index is 12.3. The molecule has 0 unspecified atom stereocenters. The molecule has 0 atom stereocenters. The Morgan fingerprint density at radius 1 is 1.33 bits per heavy atom. The molecule has 24 heavy (non-hydrogen) atoms. The van der Waals surface area contributed by atoms with E-state index in [9.17, 15) is 4.79 Å². The van der Waals surface area contributed by atoms with Crippen LogP contribution in [0.25, 0.3) is 0 Å². The molecule has 136 valence electrons. The third kappa shape index (κ3) is 10.6. The van der Waals surface area contributed by atoms with Crippen molar-refractivity contribution in [2.45, 2.75) is 47.0 Å². The molecule has 0 aliphatic rings. The van der Waals surface area contributed by atoms with E-state index in [1.807, 2.05) is 24.0 Å². The van der Waals surface area contributed by atoms with E-state index in [1.165, 1.54) is 5.57 Å². The van der Waals surface area contributed by atoms with Gasteiger partial charge >= 0.3 is 0 Å². The lowest BCUT2D eigenvalue weighted by Crippen LogP contribution is -2.30. The average molecular weight is 398 g/mol. The number of hydrogen-bond acceptors (Lipinski definition) is 3. The Morgan fingerprint density at radius 2 is 2.04 bits per heavy atom. The highest BCUT2D eigenvalue weighted by Gasteiger charge is 2.15. The maximum atomic E-state index is 12.3. The molecule has 4 nitrogen and oxygen atoms in total. The van der Waals surface area contributed by atoms with E-state index in [0.717, 1.165) is 30.4 Å². The molecule has 0 heterocycles. The van der Waals surface area contributed by atoms with Crippen molar-refractivity contribution < 1.29 is 4.79 Å². The fraction of sp³-hybridized carbons (Fsp3) is 0.579. The van der Waals surface area contributed by atoms with Gasteiger partial charge in [-0.2, -0.15) is 0 Å². The van der Waals surface area contributed by atoms with E-state index in [-0.39, 0.29) is 5.91 Å². The Hall–Kier alpha value is -1.20. The molecule has 0 aliphatic carbocycles. The summed E-state index contributed by atoms with van der Waals surface area (Å²) in [6, 6.07) is 0. The first-order valence-electron chi connectivity index (χ1n) is 8.55. The Balaban J connectivity index is 4.87. The van der Waals surface area contributed by atoms with Crippen LogP contribution >= 0.6 is 15.9 Å². The van der Waals surface area contributed by atoms with Gasteiger partial charge in [-0.1, -0.05) is 54.4 Å². The highest BCUT2D eigenvalue weighted by Crippen LogP contribution is 2.11. The average Bonchev–Trinajstić information content (AvgIpc) is 2.53. The number of hydrogen-bond donors (Lipinski definition) is 1. The van der Waals surface area contributed by atoms with Gasteiger partial charge in [-0.05, 0) is 31.8 Å². The number of nitrogens with two attached hydrogens (primary N) is 1. The lowest BCUT2D eigenvalue weighted by molar-refractivity contribution is -0.130. The maximum Gasteiger partial charge on any atom is 0.227 e. The molecular weight excluding hydrogens is 366 g/mol. The van der Waals surface area contributed by atoms with Crippen LogP contribution in [0, 0.1) is 5.92 Å². The normalized spacial score (nSPS) is 13.5. The Labute approximate surface area is 155 Å². The van der Waals surface area contributed by atoms with Crippen molar-refractivity contribution in [1.29, 1.82) is 0 Å². The van der Waals surface area contributed by atoms with E-state index in [0.29, 0.717) is 18.9 Å². The van der Waals surface area contributed by atoms with Gasteiger partial charge in [0.15, 0.2) is 0 Å². The van der Waals surface area contributed by atoms with Crippen LogP contribution in [0.3, 0.4) is 0 Å². The third-order valence-corrected chi connectivity index (χ3v) is 3.99. The molecule has 0 radical (unpaired) electrons. The summed E-state index contributed by atoms with van der Waals surface area (Å²) < 4.78 is 0. The molecule has 0 spiro atoms. The van der Waals surface area contributed by atoms with Gasteiger partial charge in [0.1, 0.15) is 0 Å². The number of carbonyl (C=O) groups excluding carboxylic acids is 1. The molecule has 0 saturated heterocycles. The minimum absolute atomic E-state index is 0.166. The molecule has 2 N–H and O–H groups in total. The topological polar surface area (TPSA) is 58.7 Å². The van der Waals surface area contributed by atoms with Gasteiger partial charge in [0.25, 0.3) is 0 Å². The molecule has 0 aromatic heterocycles. The summed E-state index contributed by atoms with van der Waals surface area (Å²) in [4.78, 5) is 18.5. The Morgan fingerprint density at radius 3 is 2.58 bits per heavy atom. The number of amides is 1. The molecule has 0 rings (SSSR count). The molecule has 0 aromatic carbocycles. The van der Waals surface area contributed by atoms with Gasteiger partial charge in [-0.3, -0.25) is 9.79 Å². The summed E-state index contributed by atoms with van der Waals surface area (Å²) in [7, 11) is 0. The number of rotatable bonds is 11. The lowest BCUT2D eigenvalue weighted by Gasteiger charge is -2.23. The van der Waals surface area contributed by atoms with E-state index in [4.69, 9.17) is 5.73 Å². The van der Waals surface area contributed by atoms with Gasteiger partial charge < -0.3 is 10.6 Å². The largest absolute Gasteiger partial charge is 0.327 e. The van der Waals surface area contributed by atoms with Crippen LogP contribution in [-0.2, 0) is 4.79 Å². The monoisotopic (exact) mass is 397 g/mol. The predicted molar refractivity (Wildman–Crippen MR) is 108 cm³/mol. The van der Waals surface area contributed by atoms with Gasteiger partial charge in [-0.15, -0.1) is 0 Å². The molecule has 5 heteroatoms. The summed E-state index contributed by atoms with van der Waals surface area (Å²) in [6.07, 6.45) is 11.9. The van der Waals surface area contributed by atoms with Crippen molar-refractivity contribution in [3.63, 3.8) is 0 Å². The van der Waals surface area contributed by atoms with Crippen LogP contribution in [-0.4, -0.2) is 35.4 Å². The van der Waals surface area contributed by atoms with Crippen molar-refractivity contribution in [3.05, 3.63) is 35.7 Å². The van der Waals surface area contributed by atoms with Crippen LogP contribution in [0.1, 0.15) is 47.0 Å². The number of halogens is 1. The molecule has 1 amide bonds. The quantitative estimate of drug-likeness (QED) is 0.318. The summed E-state index contributed by atoms with van der Waals surface area (Å²) in [5.74, 6) is 0.526. The molecule has 0 bridgehead atoms. The van der Waals surface area contributed by atoms with E-state index >= 15 is 0 Å². The highest BCUT2D eigenvalue weighted by atomic mass is 79.9. The zero-order chi connectivity index (χ0) is 18.4. The molecule has 0 fully saturated rings. The smallest absolute Gasteiger partial charge is 0.227 e. The third-order valence-electron chi connectivity index (χ3n) is 3.27. The van der Waals surface area contributed by atoms with Crippen molar-refractivity contribution in [3.8, 4) is 0 Å². The number of alkyl halides is 1. The number of carbonyl (C=O) groups is 1. The summed E-state index contributed by atoms with van der Waals surface area (Å²) in [5, 5.41) is 0.797. The SMILES string of the molecule is CCCN(C(=O)CC(C)C)/C(C)=C\N=CC=C(CBr)C/C=C/CN. The molecule has 0 aromatic rings. The second-order valence-corrected chi connectivity index (χ2v) is 6.64. The van der Waals surface area contributed by atoms with E-state index in [1.54, 1.807) is 12.4 Å². The second-order valence-electron chi connectivity index (χ2n) is 6.08. The van der Waals surface area contributed by atoms with Crippen molar-refractivity contribution in [2.24, 2.45) is 16.6 Å². The van der Waals surface area contributed by atoms with Gasteiger partial charge in [0.2, 0.25) is 5.91 Å². The molecule has 0 aliphatic heterocycles. The molecular formula is C19H32BrN3O. The summed E-state index contributed by atoms with van der Waals surface area (Å²) >= 11 is 3.47. The fourth-order valence-corrected chi connectivity index (χ4v) is 2.46. The number of aliphatic imine (C=N–C) groups is 1. The van der Waals surface area contributed by atoms with Crippen LogP contribution in [0.5, 0.6) is 0 Å². The number of nitrogens with zero attached hydrogens (tertiary/aromatic N) is 2. The van der Waals surface area contributed by atoms with Crippen molar-refractivity contribution in [1.82, 2.24) is 4.90 Å². The second kappa shape index (κ2) is 14.2. The zero-order valence-electron chi connectivity index (χ0n) is 15.5. The van der Waals surface area contributed by atoms with Crippen LogP contribution in [0.15, 0.2) is 40.7 Å². The van der Waals surface area contributed by atoms with Gasteiger partial charge in [-0.25, -0.2) is 0 Å². The van der Waals surface area contributed by atoms with Crippen LogP contribution < -0.4 is 5.73 Å². The minimum atomic E-state index is 0.166.